The summed E-state index contributed by atoms with van der Waals surface area (Å²) >= 11 is 6.20. The second kappa shape index (κ2) is 8.75. The van der Waals surface area contributed by atoms with E-state index in [9.17, 15) is 4.79 Å². The predicted octanol–water partition coefficient (Wildman–Crippen LogP) is 5.45. The van der Waals surface area contributed by atoms with Crippen LogP contribution in [0.1, 0.15) is 55.1 Å². The number of amides is 1. The van der Waals surface area contributed by atoms with Gasteiger partial charge in [-0.05, 0) is 68.5 Å². The number of halogens is 1. The molecule has 0 saturated heterocycles. The highest BCUT2D eigenvalue weighted by molar-refractivity contribution is 6.31. The quantitative estimate of drug-likeness (QED) is 0.443. The topological polar surface area (TPSA) is 59.3 Å². The van der Waals surface area contributed by atoms with Crippen molar-refractivity contribution in [3.05, 3.63) is 97.9 Å². The van der Waals surface area contributed by atoms with Crippen molar-refractivity contribution in [1.29, 1.82) is 0 Å². The van der Waals surface area contributed by atoms with Crippen LogP contribution in [0.25, 0.3) is 5.65 Å². The zero-order valence-corrected chi connectivity index (χ0v) is 19.8. The number of aryl methyl sites for hydroxylation is 5. The van der Waals surface area contributed by atoms with Crippen LogP contribution in [0.15, 0.2) is 42.6 Å². The fraction of sp³-hybridized carbons (Fsp3) is 0.269. The van der Waals surface area contributed by atoms with Crippen LogP contribution in [0, 0.1) is 34.6 Å². The molecule has 4 rings (SSSR count). The molecule has 164 valence electrons. The second-order valence-corrected chi connectivity index (χ2v) is 8.79. The van der Waals surface area contributed by atoms with Crippen LogP contribution in [-0.4, -0.2) is 20.5 Å². The highest BCUT2D eigenvalue weighted by Gasteiger charge is 2.19. The summed E-state index contributed by atoms with van der Waals surface area (Å²) in [6.45, 7) is 10.8. The molecule has 0 radical (unpaired) electrons. The van der Waals surface area contributed by atoms with Gasteiger partial charge in [-0.2, -0.15) is 5.10 Å². The van der Waals surface area contributed by atoms with Crippen molar-refractivity contribution >= 4 is 23.2 Å². The van der Waals surface area contributed by atoms with Crippen molar-refractivity contribution in [2.24, 2.45) is 0 Å². The molecule has 0 aliphatic rings. The number of hydrogen-bond acceptors (Lipinski definition) is 3. The monoisotopic (exact) mass is 446 g/mol. The molecule has 6 heteroatoms. The van der Waals surface area contributed by atoms with E-state index in [1.54, 1.807) is 10.7 Å². The molecule has 1 N–H and O–H groups in total. The Morgan fingerprint density at radius 2 is 1.72 bits per heavy atom. The molecule has 4 aromatic rings. The van der Waals surface area contributed by atoms with Gasteiger partial charge >= 0.3 is 0 Å². The van der Waals surface area contributed by atoms with Gasteiger partial charge in [-0.3, -0.25) is 4.79 Å². The van der Waals surface area contributed by atoms with Crippen molar-refractivity contribution in [2.45, 2.75) is 47.6 Å². The van der Waals surface area contributed by atoms with Gasteiger partial charge < -0.3 is 5.32 Å². The fourth-order valence-electron chi connectivity index (χ4n) is 4.31. The molecule has 2 aromatic heterocycles. The Balaban J connectivity index is 1.65. The van der Waals surface area contributed by atoms with Crippen molar-refractivity contribution in [3.63, 3.8) is 0 Å². The molecular formula is C26H27ClN4O. The number of carbonyl (C=O) groups is 1. The van der Waals surface area contributed by atoms with Gasteiger partial charge in [0, 0.05) is 29.4 Å². The molecule has 32 heavy (non-hydrogen) atoms. The Morgan fingerprint density at radius 1 is 1.03 bits per heavy atom. The third-order valence-electron chi connectivity index (χ3n) is 6.04. The largest absolute Gasteiger partial charge is 0.348 e. The van der Waals surface area contributed by atoms with E-state index in [0.717, 1.165) is 28.9 Å². The average Bonchev–Trinajstić information content (AvgIpc) is 3.15. The fourth-order valence-corrected chi connectivity index (χ4v) is 4.51. The lowest BCUT2D eigenvalue weighted by Crippen LogP contribution is -2.23. The summed E-state index contributed by atoms with van der Waals surface area (Å²) in [6, 6.07) is 11.9. The maximum atomic E-state index is 12.9. The maximum Gasteiger partial charge on any atom is 0.257 e. The van der Waals surface area contributed by atoms with Crippen molar-refractivity contribution in [2.75, 3.05) is 0 Å². The number of rotatable bonds is 5. The van der Waals surface area contributed by atoms with Crippen molar-refractivity contribution in [3.8, 4) is 0 Å². The predicted molar refractivity (Wildman–Crippen MR) is 129 cm³/mol. The number of aromatic nitrogens is 3. The SMILES string of the molecule is Cc1cc(C)c(Cc2c(C)nc3c(C(=O)NCc4ccccc4Cl)cnn3c2C)c(C)c1. The van der Waals surface area contributed by atoms with E-state index >= 15 is 0 Å². The van der Waals surface area contributed by atoms with Gasteiger partial charge in [0.05, 0.1) is 6.20 Å². The first-order valence-corrected chi connectivity index (χ1v) is 11.1. The summed E-state index contributed by atoms with van der Waals surface area (Å²) in [5.74, 6) is -0.218. The van der Waals surface area contributed by atoms with E-state index < -0.39 is 0 Å². The Labute approximate surface area is 193 Å². The van der Waals surface area contributed by atoms with Crippen LogP contribution in [-0.2, 0) is 13.0 Å². The summed E-state index contributed by atoms with van der Waals surface area (Å²) < 4.78 is 1.77. The number of carbonyl (C=O) groups excluding carboxylic acids is 1. The van der Waals surface area contributed by atoms with E-state index in [-0.39, 0.29) is 5.91 Å². The zero-order chi connectivity index (χ0) is 23.0. The van der Waals surface area contributed by atoms with Gasteiger partial charge in [0.25, 0.3) is 5.91 Å². The number of benzene rings is 2. The normalized spacial score (nSPS) is 11.2. The molecular weight excluding hydrogens is 420 g/mol. The van der Waals surface area contributed by atoms with Gasteiger partial charge in [-0.1, -0.05) is 47.5 Å². The standard InChI is InChI=1S/C26H27ClN4O/c1-15-10-16(2)21(17(3)11-15)12-22-18(4)30-25-23(14-29-31(25)19(22)5)26(32)28-13-20-8-6-7-9-24(20)27/h6-11,14H,12-13H2,1-5H3,(H,28,32). The smallest absolute Gasteiger partial charge is 0.257 e. The molecule has 0 atom stereocenters. The average molecular weight is 447 g/mol. The molecule has 5 nitrogen and oxygen atoms in total. The number of nitrogens with zero attached hydrogens (tertiary/aromatic N) is 3. The molecule has 2 heterocycles. The van der Waals surface area contributed by atoms with Gasteiger partial charge in [0.2, 0.25) is 0 Å². The van der Waals surface area contributed by atoms with Crippen LogP contribution in [0.5, 0.6) is 0 Å². The number of hydrogen-bond donors (Lipinski definition) is 1. The lowest BCUT2D eigenvalue weighted by molar-refractivity contribution is 0.0952. The molecule has 2 aromatic carbocycles. The molecule has 0 spiro atoms. The first-order valence-electron chi connectivity index (χ1n) is 10.7. The summed E-state index contributed by atoms with van der Waals surface area (Å²) in [5, 5.41) is 8.04. The van der Waals surface area contributed by atoms with E-state index in [1.165, 1.54) is 22.3 Å². The van der Waals surface area contributed by atoms with Crippen LogP contribution in [0.3, 0.4) is 0 Å². The van der Waals surface area contributed by atoms with E-state index in [2.05, 4.69) is 43.3 Å². The van der Waals surface area contributed by atoms with Crippen LogP contribution >= 0.6 is 11.6 Å². The summed E-state index contributed by atoms with van der Waals surface area (Å²) in [7, 11) is 0. The third kappa shape index (κ3) is 4.13. The Kier molecular flexibility index (Phi) is 6.02. The lowest BCUT2D eigenvalue weighted by Gasteiger charge is -2.15. The molecule has 1 amide bonds. The zero-order valence-electron chi connectivity index (χ0n) is 19.1. The minimum Gasteiger partial charge on any atom is -0.348 e. The van der Waals surface area contributed by atoms with Gasteiger partial charge in [-0.25, -0.2) is 9.50 Å². The Hall–Kier alpha value is -3.18. The second-order valence-electron chi connectivity index (χ2n) is 8.38. The van der Waals surface area contributed by atoms with Gasteiger partial charge in [0.1, 0.15) is 5.56 Å². The summed E-state index contributed by atoms with van der Waals surface area (Å²) in [6.07, 6.45) is 2.37. The molecule has 0 bridgehead atoms. The van der Waals surface area contributed by atoms with Crippen LogP contribution < -0.4 is 5.32 Å². The lowest BCUT2D eigenvalue weighted by atomic mass is 9.93. The van der Waals surface area contributed by atoms with E-state index in [0.29, 0.717) is 22.8 Å². The van der Waals surface area contributed by atoms with E-state index in [1.807, 2.05) is 38.1 Å². The molecule has 0 aliphatic heterocycles. The minimum atomic E-state index is -0.218. The van der Waals surface area contributed by atoms with E-state index in [4.69, 9.17) is 16.6 Å². The van der Waals surface area contributed by atoms with Crippen molar-refractivity contribution in [1.82, 2.24) is 19.9 Å². The molecule has 0 unspecified atom stereocenters. The number of nitrogens with one attached hydrogen (secondary N) is 1. The third-order valence-corrected chi connectivity index (χ3v) is 6.41. The minimum absolute atomic E-state index is 0.218. The summed E-state index contributed by atoms with van der Waals surface area (Å²) in [4.78, 5) is 17.7. The Bertz CT molecular complexity index is 1320. The Morgan fingerprint density at radius 3 is 2.41 bits per heavy atom. The van der Waals surface area contributed by atoms with Crippen LogP contribution in [0.2, 0.25) is 5.02 Å². The number of fused-ring (bicyclic) bond motifs is 1. The highest BCUT2D eigenvalue weighted by Crippen LogP contribution is 2.25. The summed E-state index contributed by atoms with van der Waals surface area (Å²) in [5.41, 5.74) is 10.1. The first-order chi connectivity index (χ1) is 15.3. The molecule has 0 saturated carbocycles. The molecule has 0 fully saturated rings. The van der Waals surface area contributed by atoms with Gasteiger partial charge in [-0.15, -0.1) is 0 Å². The van der Waals surface area contributed by atoms with Gasteiger partial charge in [0.15, 0.2) is 5.65 Å². The highest BCUT2D eigenvalue weighted by atomic mass is 35.5. The van der Waals surface area contributed by atoms with Crippen molar-refractivity contribution < 1.29 is 4.79 Å². The molecule has 0 aliphatic carbocycles. The van der Waals surface area contributed by atoms with Crippen LogP contribution in [0.4, 0.5) is 0 Å². The first kappa shape index (κ1) is 22.0. The maximum absolute atomic E-state index is 12.9.